The molecule has 1 N–H and O–H groups in total. The van der Waals surface area contributed by atoms with E-state index in [1.165, 1.54) is 11.4 Å². The summed E-state index contributed by atoms with van der Waals surface area (Å²) in [5.41, 5.74) is 1.23. The standard InChI is InChI=1S/C22H30N2O4S/c1-22(2,17-18-11-6-5-7-12-18)23-21(25)15-10-16-24(29(4,26)27)19-13-8-9-14-20(19)28-3/h5-9,11-14H,10,15-17H2,1-4H3,(H,23,25). The van der Waals surface area contributed by atoms with E-state index in [-0.39, 0.29) is 18.9 Å². The molecule has 158 valence electrons. The van der Waals surface area contributed by atoms with Crippen molar-refractivity contribution in [3.8, 4) is 5.75 Å². The number of carbonyl (C=O) groups excluding carboxylic acids is 1. The summed E-state index contributed by atoms with van der Waals surface area (Å²) in [4.78, 5) is 12.4. The van der Waals surface area contributed by atoms with Crippen molar-refractivity contribution >= 4 is 21.6 Å². The molecule has 2 aromatic carbocycles. The summed E-state index contributed by atoms with van der Waals surface area (Å²) >= 11 is 0. The smallest absolute Gasteiger partial charge is 0.232 e. The third-order valence-electron chi connectivity index (χ3n) is 4.49. The number of carbonyl (C=O) groups is 1. The average Bonchev–Trinajstić information content (AvgIpc) is 2.64. The fourth-order valence-electron chi connectivity index (χ4n) is 3.27. The molecule has 0 aromatic heterocycles. The number of rotatable bonds is 10. The predicted octanol–water partition coefficient (Wildman–Crippen LogP) is 3.38. The van der Waals surface area contributed by atoms with Crippen LogP contribution in [0.3, 0.4) is 0 Å². The number of methoxy groups -OCH3 is 1. The molecule has 0 radical (unpaired) electrons. The molecule has 0 unspecified atom stereocenters. The van der Waals surface area contributed by atoms with Gasteiger partial charge in [0.15, 0.2) is 0 Å². The first-order valence-corrected chi connectivity index (χ1v) is 11.4. The van der Waals surface area contributed by atoms with E-state index >= 15 is 0 Å². The Balaban J connectivity index is 1.96. The first-order chi connectivity index (χ1) is 13.6. The second kappa shape index (κ2) is 9.78. The van der Waals surface area contributed by atoms with E-state index in [1.54, 1.807) is 24.3 Å². The maximum absolute atomic E-state index is 12.4. The predicted molar refractivity (Wildman–Crippen MR) is 117 cm³/mol. The Morgan fingerprint density at radius 1 is 1.07 bits per heavy atom. The number of nitrogens with zero attached hydrogens (tertiary/aromatic N) is 1. The van der Waals surface area contributed by atoms with Gasteiger partial charge in [-0.15, -0.1) is 0 Å². The molecular weight excluding hydrogens is 388 g/mol. The van der Waals surface area contributed by atoms with Crippen molar-refractivity contribution in [2.45, 2.75) is 38.6 Å². The highest BCUT2D eigenvalue weighted by Crippen LogP contribution is 2.29. The van der Waals surface area contributed by atoms with Crippen LogP contribution in [0.1, 0.15) is 32.3 Å². The fourth-order valence-corrected chi connectivity index (χ4v) is 4.24. The highest BCUT2D eigenvalue weighted by Gasteiger charge is 2.23. The Morgan fingerprint density at radius 2 is 1.69 bits per heavy atom. The minimum atomic E-state index is -3.50. The molecule has 0 heterocycles. The topological polar surface area (TPSA) is 75.7 Å². The third-order valence-corrected chi connectivity index (χ3v) is 5.67. The van der Waals surface area contributed by atoms with E-state index in [0.717, 1.165) is 18.2 Å². The zero-order chi connectivity index (χ0) is 21.5. The lowest BCUT2D eigenvalue weighted by molar-refractivity contribution is -0.122. The molecule has 1 amide bonds. The maximum Gasteiger partial charge on any atom is 0.232 e. The van der Waals surface area contributed by atoms with Gasteiger partial charge in [-0.3, -0.25) is 9.10 Å². The van der Waals surface area contributed by atoms with Crippen LogP contribution in [0.5, 0.6) is 5.75 Å². The van der Waals surface area contributed by atoms with Crippen molar-refractivity contribution in [1.82, 2.24) is 5.32 Å². The molecule has 0 bridgehead atoms. The second-order valence-electron chi connectivity index (χ2n) is 7.70. The summed E-state index contributed by atoms with van der Waals surface area (Å²) < 4.78 is 31.1. The lowest BCUT2D eigenvalue weighted by Gasteiger charge is -2.27. The van der Waals surface area contributed by atoms with Crippen molar-refractivity contribution in [2.75, 3.05) is 24.2 Å². The Hall–Kier alpha value is -2.54. The molecule has 0 spiro atoms. The van der Waals surface area contributed by atoms with Gasteiger partial charge in [-0.05, 0) is 44.4 Å². The first kappa shape index (κ1) is 22.7. The van der Waals surface area contributed by atoms with E-state index in [0.29, 0.717) is 17.9 Å². The van der Waals surface area contributed by atoms with Crippen LogP contribution in [-0.2, 0) is 21.2 Å². The van der Waals surface area contributed by atoms with Gasteiger partial charge < -0.3 is 10.1 Å². The van der Waals surface area contributed by atoms with Gasteiger partial charge in [-0.25, -0.2) is 8.42 Å². The monoisotopic (exact) mass is 418 g/mol. The lowest BCUT2D eigenvalue weighted by Crippen LogP contribution is -2.45. The van der Waals surface area contributed by atoms with Crippen molar-refractivity contribution < 1.29 is 17.9 Å². The minimum Gasteiger partial charge on any atom is -0.495 e. The molecule has 2 rings (SSSR count). The number of nitrogens with one attached hydrogen (secondary N) is 1. The molecule has 0 fully saturated rings. The maximum atomic E-state index is 12.4. The van der Waals surface area contributed by atoms with Crippen LogP contribution in [0.25, 0.3) is 0 Å². The SMILES string of the molecule is COc1ccccc1N(CCCC(=O)NC(C)(C)Cc1ccccc1)S(C)(=O)=O. The molecule has 0 saturated carbocycles. The van der Waals surface area contributed by atoms with Crippen LogP contribution in [0.15, 0.2) is 54.6 Å². The first-order valence-electron chi connectivity index (χ1n) is 9.58. The molecule has 2 aromatic rings. The van der Waals surface area contributed by atoms with Gasteiger partial charge in [0.25, 0.3) is 0 Å². The molecule has 0 saturated heterocycles. The van der Waals surface area contributed by atoms with E-state index in [9.17, 15) is 13.2 Å². The van der Waals surface area contributed by atoms with Gasteiger partial charge in [0.1, 0.15) is 5.75 Å². The Bertz CT molecular complexity index is 911. The van der Waals surface area contributed by atoms with E-state index in [1.807, 2.05) is 44.2 Å². The van der Waals surface area contributed by atoms with Crippen LogP contribution in [0, 0.1) is 0 Å². The number of anilines is 1. The number of amides is 1. The van der Waals surface area contributed by atoms with Crippen molar-refractivity contribution in [3.63, 3.8) is 0 Å². The number of hydrogen-bond acceptors (Lipinski definition) is 4. The summed E-state index contributed by atoms with van der Waals surface area (Å²) in [6.45, 7) is 4.16. The summed E-state index contributed by atoms with van der Waals surface area (Å²) in [7, 11) is -2.00. The number of sulfonamides is 1. The van der Waals surface area contributed by atoms with Gasteiger partial charge in [0, 0.05) is 18.5 Å². The Morgan fingerprint density at radius 3 is 2.31 bits per heavy atom. The highest BCUT2D eigenvalue weighted by molar-refractivity contribution is 7.92. The molecular formula is C22H30N2O4S. The van der Waals surface area contributed by atoms with Crippen LogP contribution in [0.4, 0.5) is 5.69 Å². The largest absolute Gasteiger partial charge is 0.495 e. The highest BCUT2D eigenvalue weighted by atomic mass is 32.2. The van der Waals surface area contributed by atoms with Crippen LogP contribution < -0.4 is 14.4 Å². The van der Waals surface area contributed by atoms with Gasteiger partial charge in [0.05, 0.1) is 19.1 Å². The third kappa shape index (κ3) is 7.09. The van der Waals surface area contributed by atoms with Crippen LogP contribution in [-0.4, -0.2) is 39.8 Å². The van der Waals surface area contributed by atoms with Crippen molar-refractivity contribution in [1.29, 1.82) is 0 Å². The van der Waals surface area contributed by atoms with E-state index < -0.39 is 15.6 Å². The minimum absolute atomic E-state index is 0.0978. The van der Waals surface area contributed by atoms with E-state index in [4.69, 9.17) is 4.74 Å². The normalized spacial score (nSPS) is 11.7. The van der Waals surface area contributed by atoms with Gasteiger partial charge in [-0.1, -0.05) is 42.5 Å². The van der Waals surface area contributed by atoms with Crippen molar-refractivity contribution in [2.24, 2.45) is 0 Å². The number of hydrogen-bond donors (Lipinski definition) is 1. The second-order valence-corrected chi connectivity index (χ2v) is 9.61. The summed E-state index contributed by atoms with van der Waals surface area (Å²) in [6.07, 6.45) is 2.51. The molecule has 6 nitrogen and oxygen atoms in total. The van der Waals surface area contributed by atoms with E-state index in [2.05, 4.69) is 5.32 Å². The van der Waals surface area contributed by atoms with Gasteiger partial charge in [-0.2, -0.15) is 0 Å². The zero-order valence-electron chi connectivity index (χ0n) is 17.5. The Kier molecular flexibility index (Phi) is 7.67. The summed E-state index contributed by atoms with van der Waals surface area (Å²) in [5.74, 6) is 0.380. The molecule has 7 heteroatoms. The van der Waals surface area contributed by atoms with Crippen molar-refractivity contribution in [3.05, 3.63) is 60.2 Å². The number of ether oxygens (including phenoxy) is 1. The van der Waals surface area contributed by atoms with Crippen LogP contribution in [0.2, 0.25) is 0 Å². The fraction of sp³-hybridized carbons (Fsp3) is 0.409. The molecule has 0 atom stereocenters. The quantitative estimate of drug-likeness (QED) is 0.642. The molecule has 0 aliphatic rings. The molecule has 29 heavy (non-hydrogen) atoms. The van der Waals surface area contributed by atoms with Gasteiger partial charge >= 0.3 is 0 Å². The van der Waals surface area contributed by atoms with Crippen LogP contribution >= 0.6 is 0 Å². The number of benzene rings is 2. The van der Waals surface area contributed by atoms with Gasteiger partial charge in [0.2, 0.25) is 15.9 Å². The lowest BCUT2D eigenvalue weighted by atomic mass is 9.94. The summed E-state index contributed by atoms with van der Waals surface area (Å²) in [5, 5.41) is 3.05. The zero-order valence-corrected chi connectivity index (χ0v) is 18.3. The Labute approximate surface area is 173 Å². The number of para-hydroxylation sites is 2. The summed E-state index contributed by atoms with van der Waals surface area (Å²) in [6, 6.07) is 16.9. The average molecular weight is 419 g/mol. The molecule has 0 aliphatic carbocycles. The molecule has 0 aliphatic heterocycles.